The van der Waals surface area contributed by atoms with Crippen molar-refractivity contribution in [2.75, 3.05) is 7.11 Å². The number of benzene rings is 2. The standard InChI is InChI=1S/C16H19NO3/c1-11(13-4-6-14(20-2)7-5-13)17-10-12-3-8-15(18)16(19)9-12/h3-9,11,17-19H,10H2,1-2H3. The first kappa shape index (κ1) is 14.2. The third-order valence-electron chi connectivity index (χ3n) is 3.27. The first-order chi connectivity index (χ1) is 9.60. The van der Waals surface area contributed by atoms with E-state index in [0.717, 1.165) is 16.9 Å². The normalized spacial score (nSPS) is 12.1. The second-order valence-corrected chi connectivity index (χ2v) is 4.70. The summed E-state index contributed by atoms with van der Waals surface area (Å²) < 4.78 is 5.13. The number of hydrogen-bond donors (Lipinski definition) is 3. The van der Waals surface area contributed by atoms with Crippen LogP contribution in [0.4, 0.5) is 0 Å². The summed E-state index contributed by atoms with van der Waals surface area (Å²) in [6.45, 7) is 2.68. The van der Waals surface area contributed by atoms with E-state index in [1.54, 1.807) is 19.2 Å². The van der Waals surface area contributed by atoms with Crippen LogP contribution in [-0.4, -0.2) is 17.3 Å². The minimum absolute atomic E-state index is 0.0959. The zero-order chi connectivity index (χ0) is 14.5. The highest BCUT2D eigenvalue weighted by Crippen LogP contribution is 2.25. The van der Waals surface area contributed by atoms with Crippen LogP contribution in [0, 0.1) is 0 Å². The molecule has 4 heteroatoms. The van der Waals surface area contributed by atoms with Crippen molar-refractivity contribution in [2.24, 2.45) is 0 Å². The van der Waals surface area contributed by atoms with Gasteiger partial charge in [-0.25, -0.2) is 0 Å². The van der Waals surface area contributed by atoms with Gasteiger partial charge in [-0.3, -0.25) is 0 Å². The number of hydrogen-bond acceptors (Lipinski definition) is 4. The molecular formula is C16H19NO3. The monoisotopic (exact) mass is 273 g/mol. The zero-order valence-electron chi connectivity index (χ0n) is 11.6. The van der Waals surface area contributed by atoms with Crippen molar-refractivity contribution in [3.8, 4) is 17.2 Å². The zero-order valence-corrected chi connectivity index (χ0v) is 11.6. The summed E-state index contributed by atoms with van der Waals surface area (Å²) in [4.78, 5) is 0. The van der Waals surface area contributed by atoms with E-state index < -0.39 is 0 Å². The van der Waals surface area contributed by atoms with E-state index >= 15 is 0 Å². The van der Waals surface area contributed by atoms with Crippen LogP contribution >= 0.6 is 0 Å². The molecule has 0 spiro atoms. The molecule has 0 aliphatic rings. The molecule has 0 aliphatic carbocycles. The summed E-state index contributed by atoms with van der Waals surface area (Å²) in [5, 5.41) is 22.1. The van der Waals surface area contributed by atoms with Gasteiger partial charge in [0.05, 0.1) is 7.11 Å². The van der Waals surface area contributed by atoms with Crippen LogP contribution in [-0.2, 0) is 6.54 Å². The van der Waals surface area contributed by atoms with Gasteiger partial charge in [-0.15, -0.1) is 0 Å². The van der Waals surface area contributed by atoms with Crippen LogP contribution < -0.4 is 10.1 Å². The molecule has 0 aromatic heterocycles. The fourth-order valence-corrected chi connectivity index (χ4v) is 1.96. The van der Waals surface area contributed by atoms with Gasteiger partial charge in [-0.1, -0.05) is 18.2 Å². The summed E-state index contributed by atoms with van der Waals surface area (Å²) >= 11 is 0. The Balaban J connectivity index is 1.96. The molecular weight excluding hydrogens is 254 g/mol. The number of aromatic hydroxyl groups is 2. The summed E-state index contributed by atoms with van der Waals surface area (Å²) in [6.07, 6.45) is 0. The lowest BCUT2D eigenvalue weighted by Crippen LogP contribution is -2.17. The fraction of sp³-hybridized carbons (Fsp3) is 0.250. The highest BCUT2D eigenvalue weighted by molar-refractivity contribution is 5.40. The van der Waals surface area contributed by atoms with Crippen LogP contribution in [0.1, 0.15) is 24.1 Å². The Hall–Kier alpha value is -2.20. The molecule has 0 aliphatic heterocycles. The van der Waals surface area contributed by atoms with Crippen molar-refractivity contribution in [2.45, 2.75) is 19.5 Å². The average Bonchev–Trinajstić information content (AvgIpc) is 2.48. The van der Waals surface area contributed by atoms with Crippen molar-refractivity contribution in [1.82, 2.24) is 5.32 Å². The number of ether oxygens (including phenoxy) is 1. The van der Waals surface area contributed by atoms with Gasteiger partial charge in [-0.2, -0.15) is 0 Å². The molecule has 2 aromatic rings. The maximum atomic E-state index is 9.45. The Morgan fingerprint density at radius 1 is 1.05 bits per heavy atom. The van der Waals surface area contributed by atoms with Gasteiger partial charge in [0.2, 0.25) is 0 Å². The second kappa shape index (κ2) is 6.30. The van der Waals surface area contributed by atoms with Crippen molar-refractivity contribution in [1.29, 1.82) is 0 Å². The molecule has 0 heterocycles. The van der Waals surface area contributed by atoms with Gasteiger partial charge in [-0.05, 0) is 42.3 Å². The predicted octanol–water partition coefficient (Wildman–Crippen LogP) is 2.96. The molecule has 0 saturated heterocycles. The first-order valence-corrected chi connectivity index (χ1v) is 6.48. The van der Waals surface area contributed by atoms with E-state index in [1.807, 2.05) is 24.3 Å². The van der Waals surface area contributed by atoms with Crippen LogP contribution in [0.25, 0.3) is 0 Å². The summed E-state index contributed by atoms with van der Waals surface area (Å²) in [6, 6.07) is 12.9. The molecule has 2 aromatic carbocycles. The third-order valence-corrected chi connectivity index (χ3v) is 3.27. The largest absolute Gasteiger partial charge is 0.504 e. The minimum Gasteiger partial charge on any atom is -0.504 e. The van der Waals surface area contributed by atoms with Crippen molar-refractivity contribution < 1.29 is 14.9 Å². The van der Waals surface area contributed by atoms with E-state index in [4.69, 9.17) is 4.74 Å². The van der Waals surface area contributed by atoms with E-state index in [-0.39, 0.29) is 17.5 Å². The highest BCUT2D eigenvalue weighted by Gasteiger charge is 2.06. The topological polar surface area (TPSA) is 61.7 Å². The van der Waals surface area contributed by atoms with Gasteiger partial charge in [0, 0.05) is 12.6 Å². The maximum absolute atomic E-state index is 9.45. The summed E-state index contributed by atoms with van der Waals surface area (Å²) in [5.41, 5.74) is 2.08. The Kier molecular flexibility index (Phi) is 4.48. The van der Waals surface area contributed by atoms with Crippen LogP contribution in [0.3, 0.4) is 0 Å². The lowest BCUT2D eigenvalue weighted by atomic mass is 10.1. The molecule has 0 saturated carbocycles. The van der Waals surface area contributed by atoms with Crippen molar-refractivity contribution in [3.05, 3.63) is 53.6 Å². The highest BCUT2D eigenvalue weighted by atomic mass is 16.5. The van der Waals surface area contributed by atoms with Crippen molar-refractivity contribution in [3.63, 3.8) is 0 Å². The molecule has 1 unspecified atom stereocenters. The molecule has 2 rings (SSSR count). The van der Waals surface area contributed by atoms with Gasteiger partial charge in [0.15, 0.2) is 11.5 Å². The van der Waals surface area contributed by atoms with Crippen LogP contribution in [0.15, 0.2) is 42.5 Å². The number of methoxy groups -OCH3 is 1. The van der Waals surface area contributed by atoms with Gasteiger partial charge in [0.1, 0.15) is 5.75 Å². The van der Waals surface area contributed by atoms with E-state index in [9.17, 15) is 10.2 Å². The third kappa shape index (κ3) is 3.42. The SMILES string of the molecule is COc1ccc(C(C)NCc2ccc(O)c(O)c2)cc1. The van der Waals surface area contributed by atoms with Crippen molar-refractivity contribution >= 4 is 0 Å². The van der Waals surface area contributed by atoms with Crippen LogP contribution in [0.2, 0.25) is 0 Å². The predicted molar refractivity (Wildman–Crippen MR) is 78.0 cm³/mol. The first-order valence-electron chi connectivity index (χ1n) is 6.48. The Morgan fingerprint density at radius 3 is 2.35 bits per heavy atom. The minimum atomic E-state index is -0.100. The average molecular weight is 273 g/mol. The van der Waals surface area contributed by atoms with Gasteiger partial charge >= 0.3 is 0 Å². The van der Waals surface area contributed by atoms with Gasteiger partial charge in [0.25, 0.3) is 0 Å². The van der Waals surface area contributed by atoms with E-state index in [0.29, 0.717) is 6.54 Å². The molecule has 0 bridgehead atoms. The summed E-state index contributed by atoms with van der Waals surface area (Å²) in [5.74, 6) is 0.641. The van der Waals surface area contributed by atoms with E-state index in [1.165, 1.54) is 6.07 Å². The van der Waals surface area contributed by atoms with E-state index in [2.05, 4.69) is 12.2 Å². The number of phenols is 2. The Morgan fingerprint density at radius 2 is 1.75 bits per heavy atom. The quantitative estimate of drug-likeness (QED) is 0.733. The number of phenolic OH excluding ortho intramolecular Hbond substituents is 2. The molecule has 0 amide bonds. The number of rotatable bonds is 5. The maximum Gasteiger partial charge on any atom is 0.157 e. The molecule has 106 valence electrons. The molecule has 0 radical (unpaired) electrons. The van der Waals surface area contributed by atoms with Crippen LogP contribution in [0.5, 0.6) is 17.2 Å². The molecule has 0 fully saturated rings. The molecule has 1 atom stereocenters. The Labute approximate surface area is 118 Å². The Bertz CT molecular complexity index is 566. The molecule has 3 N–H and O–H groups in total. The summed E-state index contributed by atoms with van der Waals surface area (Å²) in [7, 11) is 1.65. The lowest BCUT2D eigenvalue weighted by molar-refractivity contribution is 0.402. The number of nitrogens with one attached hydrogen (secondary N) is 1. The molecule has 20 heavy (non-hydrogen) atoms. The lowest BCUT2D eigenvalue weighted by Gasteiger charge is -2.15. The molecule has 4 nitrogen and oxygen atoms in total. The second-order valence-electron chi connectivity index (χ2n) is 4.70. The smallest absolute Gasteiger partial charge is 0.157 e. The fourth-order valence-electron chi connectivity index (χ4n) is 1.96. The van der Waals surface area contributed by atoms with Gasteiger partial charge < -0.3 is 20.3 Å².